The van der Waals surface area contributed by atoms with Gasteiger partial charge in [0.15, 0.2) is 0 Å². The summed E-state index contributed by atoms with van der Waals surface area (Å²) in [5.41, 5.74) is -4.23. The molecule has 0 bridgehead atoms. The third-order valence-electron chi connectivity index (χ3n) is 3.55. The number of aromatic nitrogens is 2. The van der Waals surface area contributed by atoms with Crippen molar-refractivity contribution in [2.24, 2.45) is 0 Å². The average molecular weight is 393 g/mol. The Bertz CT molecular complexity index is 899. The number of carbonyl (C=O) groups is 1. The number of rotatable bonds is 3. The molecule has 0 radical (unpaired) electrons. The largest absolute Gasteiger partial charge is 0.416 e. The molecule has 5 nitrogen and oxygen atoms in total. The van der Waals surface area contributed by atoms with Gasteiger partial charge in [0.1, 0.15) is 5.82 Å². The Morgan fingerprint density at radius 2 is 1.56 bits per heavy atom. The maximum atomic E-state index is 12.8. The number of carbonyl (C=O) groups excluding carboxylic acids is 1. The van der Waals surface area contributed by atoms with Crippen molar-refractivity contribution in [3.63, 3.8) is 0 Å². The number of hydrogen-bond donors (Lipinski definition) is 2. The minimum atomic E-state index is -5.03. The molecular weight excluding hydrogens is 380 g/mol. The normalized spacial score (nSPS) is 12.1. The number of aryl methyl sites for hydroxylation is 2. The topological polar surface area (TPSA) is 74.8 Å². The highest BCUT2D eigenvalue weighted by molar-refractivity contribution is 5.92. The molecule has 2 N–H and O–H groups in total. The van der Waals surface area contributed by atoms with Gasteiger partial charge in [-0.05, 0) is 32.0 Å². The van der Waals surface area contributed by atoms with Gasteiger partial charge in [-0.2, -0.15) is 26.3 Å². The molecule has 0 spiro atoms. The first-order valence-electron chi connectivity index (χ1n) is 7.43. The van der Waals surface area contributed by atoms with E-state index in [9.17, 15) is 35.9 Å². The third kappa shape index (κ3) is 5.08. The molecule has 1 heterocycles. The van der Waals surface area contributed by atoms with Crippen molar-refractivity contribution < 1.29 is 31.1 Å². The summed E-state index contributed by atoms with van der Waals surface area (Å²) in [5.74, 6) is -0.656. The van der Waals surface area contributed by atoms with Crippen LogP contribution in [0.1, 0.15) is 28.2 Å². The molecule has 2 aromatic rings. The van der Waals surface area contributed by atoms with E-state index in [2.05, 4.69) is 9.97 Å². The second-order valence-corrected chi connectivity index (χ2v) is 5.73. The zero-order chi connectivity index (χ0) is 20.6. The Balaban J connectivity index is 2.34. The summed E-state index contributed by atoms with van der Waals surface area (Å²) >= 11 is 0. The van der Waals surface area contributed by atoms with E-state index in [0.717, 1.165) is 0 Å². The van der Waals surface area contributed by atoms with Gasteiger partial charge in [0.2, 0.25) is 5.91 Å². The molecule has 146 valence electrons. The molecule has 0 fully saturated rings. The van der Waals surface area contributed by atoms with Gasteiger partial charge < -0.3 is 10.3 Å². The third-order valence-corrected chi connectivity index (χ3v) is 3.55. The summed E-state index contributed by atoms with van der Waals surface area (Å²) in [6.45, 7) is 2.97. The lowest BCUT2D eigenvalue weighted by molar-refractivity contribution is -0.143. The molecule has 27 heavy (non-hydrogen) atoms. The number of halogens is 6. The SMILES string of the molecule is Cc1nc(C)c(CC(=O)Nc2cc(C(F)(F)F)cc(C(F)(F)F)c2)c(=O)[nH]1. The minimum absolute atomic E-state index is 0.0406. The Morgan fingerprint density at radius 1 is 1.04 bits per heavy atom. The zero-order valence-electron chi connectivity index (χ0n) is 14.0. The van der Waals surface area contributed by atoms with Crippen LogP contribution in [-0.2, 0) is 23.6 Å². The first-order valence-corrected chi connectivity index (χ1v) is 7.43. The number of alkyl halides is 6. The summed E-state index contributed by atoms with van der Waals surface area (Å²) in [5, 5.41) is 1.96. The standard InChI is InChI=1S/C16H13F6N3O2/c1-7-12(14(27)24-8(2)23-7)6-13(26)25-11-4-9(15(17,18)19)3-10(5-11)16(20,21)22/h3-5H,6H2,1-2H3,(H,25,26)(H,23,24,27). The highest BCUT2D eigenvalue weighted by Crippen LogP contribution is 2.37. The van der Waals surface area contributed by atoms with Crippen molar-refractivity contribution in [3.05, 3.63) is 56.8 Å². The minimum Gasteiger partial charge on any atom is -0.326 e. The van der Waals surface area contributed by atoms with Crippen molar-refractivity contribution >= 4 is 11.6 Å². The lowest BCUT2D eigenvalue weighted by Crippen LogP contribution is -2.24. The van der Waals surface area contributed by atoms with E-state index in [1.165, 1.54) is 13.8 Å². The Kier molecular flexibility index (Phi) is 5.34. The number of nitrogens with zero attached hydrogens (tertiary/aromatic N) is 1. The van der Waals surface area contributed by atoms with E-state index in [1.54, 1.807) is 0 Å². The van der Waals surface area contributed by atoms with E-state index in [1.807, 2.05) is 5.32 Å². The molecule has 11 heteroatoms. The van der Waals surface area contributed by atoms with Crippen LogP contribution in [0, 0.1) is 13.8 Å². The van der Waals surface area contributed by atoms with Gasteiger partial charge in [-0.1, -0.05) is 0 Å². The number of H-pyrrole nitrogens is 1. The van der Waals surface area contributed by atoms with Gasteiger partial charge in [0.05, 0.1) is 17.5 Å². The summed E-state index contributed by atoms with van der Waals surface area (Å²) in [6.07, 6.45) is -10.6. The van der Waals surface area contributed by atoms with Crippen LogP contribution in [-0.4, -0.2) is 15.9 Å². The summed E-state index contributed by atoms with van der Waals surface area (Å²) in [6, 6.07) is 0.726. The second kappa shape index (κ2) is 7.05. The van der Waals surface area contributed by atoms with Gasteiger partial charge >= 0.3 is 12.4 Å². The first kappa shape index (κ1) is 20.5. The summed E-state index contributed by atoms with van der Waals surface area (Å²) in [4.78, 5) is 30.2. The van der Waals surface area contributed by atoms with Gasteiger partial charge in [-0.15, -0.1) is 0 Å². The molecular formula is C16H13F6N3O2. The molecule has 1 aromatic carbocycles. The predicted octanol–water partition coefficient (Wildman–Crippen LogP) is 3.61. The highest BCUT2D eigenvalue weighted by Gasteiger charge is 2.37. The van der Waals surface area contributed by atoms with E-state index in [4.69, 9.17) is 0 Å². The smallest absolute Gasteiger partial charge is 0.326 e. The lowest BCUT2D eigenvalue weighted by atomic mass is 10.1. The van der Waals surface area contributed by atoms with Crippen LogP contribution in [0.15, 0.2) is 23.0 Å². The predicted molar refractivity (Wildman–Crippen MR) is 83.1 cm³/mol. The van der Waals surface area contributed by atoms with Crippen molar-refractivity contribution in [1.82, 2.24) is 9.97 Å². The molecule has 0 aliphatic carbocycles. The number of anilines is 1. The molecule has 0 unspecified atom stereocenters. The number of benzene rings is 1. The van der Waals surface area contributed by atoms with Crippen molar-refractivity contribution in [3.8, 4) is 0 Å². The average Bonchev–Trinajstić information content (AvgIpc) is 2.48. The Hall–Kier alpha value is -2.85. The summed E-state index contributed by atoms with van der Waals surface area (Å²) in [7, 11) is 0. The molecule has 1 aromatic heterocycles. The van der Waals surface area contributed by atoms with E-state index < -0.39 is 47.1 Å². The van der Waals surface area contributed by atoms with Gasteiger partial charge in [0, 0.05) is 16.9 Å². The Morgan fingerprint density at radius 3 is 2.00 bits per heavy atom. The molecule has 0 saturated heterocycles. The van der Waals surface area contributed by atoms with Crippen molar-refractivity contribution in [2.45, 2.75) is 32.6 Å². The fraction of sp³-hybridized carbons (Fsp3) is 0.312. The quantitative estimate of drug-likeness (QED) is 0.783. The molecule has 0 saturated carbocycles. The molecule has 1 amide bonds. The van der Waals surface area contributed by atoms with Crippen molar-refractivity contribution in [1.29, 1.82) is 0 Å². The number of hydrogen-bond acceptors (Lipinski definition) is 3. The fourth-order valence-electron chi connectivity index (χ4n) is 2.35. The van der Waals surface area contributed by atoms with Gasteiger partial charge in [0.25, 0.3) is 5.56 Å². The number of nitrogens with one attached hydrogen (secondary N) is 2. The first-order chi connectivity index (χ1) is 12.3. The van der Waals surface area contributed by atoms with Crippen LogP contribution in [0.2, 0.25) is 0 Å². The highest BCUT2D eigenvalue weighted by atomic mass is 19.4. The maximum Gasteiger partial charge on any atom is 0.416 e. The maximum absolute atomic E-state index is 12.8. The lowest BCUT2D eigenvalue weighted by Gasteiger charge is -2.15. The van der Waals surface area contributed by atoms with Crippen LogP contribution in [0.5, 0.6) is 0 Å². The Labute approximate surface area is 148 Å². The number of amides is 1. The molecule has 0 atom stereocenters. The summed E-state index contributed by atoms with van der Waals surface area (Å²) < 4.78 is 77.0. The van der Waals surface area contributed by atoms with E-state index in [-0.39, 0.29) is 17.3 Å². The second-order valence-electron chi connectivity index (χ2n) is 5.73. The number of aromatic amines is 1. The van der Waals surface area contributed by atoms with E-state index >= 15 is 0 Å². The van der Waals surface area contributed by atoms with Crippen LogP contribution in [0.4, 0.5) is 32.0 Å². The van der Waals surface area contributed by atoms with Crippen LogP contribution >= 0.6 is 0 Å². The van der Waals surface area contributed by atoms with E-state index in [0.29, 0.717) is 18.0 Å². The van der Waals surface area contributed by atoms with Gasteiger partial charge in [-0.25, -0.2) is 4.98 Å². The molecule has 0 aliphatic heterocycles. The zero-order valence-corrected chi connectivity index (χ0v) is 14.0. The van der Waals surface area contributed by atoms with Crippen LogP contribution < -0.4 is 10.9 Å². The fourth-order valence-corrected chi connectivity index (χ4v) is 2.35. The molecule has 2 rings (SSSR count). The monoisotopic (exact) mass is 393 g/mol. The van der Waals surface area contributed by atoms with Crippen LogP contribution in [0.25, 0.3) is 0 Å². The molecule has 0 aliphatic rings. The van der Waals surface area contributed by atoms with Crippen LogP contribution in [0.3, 0.4) is 0 Å². The van der Waals surface area contributed by atoms with Crippen molar-refractivity contribution in [2.75, 3.05) is 5.32 Å². The van der Waals surface area contributed by atoms with Gasteiger partial charge in [-0.3, -0.25) is 9.59 Å².